The van der Waals surface area contributed by atoms with E-state index in [1.165, 1.54) is 10.4 Å². The first kappa shape index (κ1) is 16.8. The highest BCUT2D eigenvalue weighted by Crippen LogP contribution is 2.24. The molecule has 0 saturated carbocycles. The number of halogens is 2. The minimum Gasteiger partial charge on any atom is -0.493 e. The molecule has 0 aliphatic rings. The van der Waals surface area contributed by atoms with E-state index in [-0.39, 0.29) is 0 Å². The molecule has 1 aromatic carbocycles. The Morgan fingerprint density at radius 3 is 2.86 bits per heavy atom. The normalized spacial score (nSPS) is 10.8. The van der Waals surface area contributed by atoms with Gasteiger partial charge in [-0.25, -0.2) is 0 Å². The van der Waals surface area contributed by atoms with Crippen LogP contribution in [0.15, 0.2) is 34.8 Å². The molecule has 21 heavy (non-hydrogen) atoms. The fraction of sp³-hybridized carbons (Fsp3) is 0.375. The van der Waals surface area contributed by atoms with Crippen LogP contribution >= 0.6 is 38.9 Å². The largest absolute Gasteiger partial charge is 0.493 e. The smallest absolute Gasteiger partial charge is 0.123 e. The maximum Gasteiger partial charge on any atom is 0.123 e. The number of thiophene rings is 1. The van der Waals surface area contributed by atoms with Gasteiger partial charge in [-0.05, 0) is 43.2 Å². The van der Waals surface area contributed by atoms with Gasteiger partial charge in [0.15, 0.2) is 0 Å². The van der Waals surface area contributed by atoms with E-state index in [0.29, 0.717) is 0 Å². The number of ether oxygens (including phenoxy) is 1. The molecular formula is C16H19BrClNOS. The maximum atomic E-state index is 5.93. The standard InChI is InChI=1S/C16H19BrClNOS/c1-2-9-20-15-5-3-13(17)10-12(15)11-19-8-7-14-4-6-16(18)21-14/h3-6,10,19H,2,7-9,11H2,1H3. The number of hydrogen-bond acceptors (Lipinski definition) is 3. The Hall–Kier alpha value is -0.550. The zero-order chi connectivity index (χ0) is 15.1. The Morgan fingerprint density at radius 2 is 2.14 bits per heavy atom. The molecule has 0 spiro atoms. The van der Waals surface area contributed by atoms with Crippen LogP contribution in [-0.2, 0) is 13.0 Å². The number of hydrogen-bond donors (Lipinski definition) is 1. The summed E-state index contributed by atoms with van der Waals surface area (Å²) in [6.07, 6.45) is 2.01. The number of nitrogens with one attached hydrogen (secondary N) is 1. The Kier molecular flexibility index (Phi) is 7.04. The first-order valence-electron chi connectivity index (χ1n) is 7.05. The highest BCUT2D eigenvalue weighted by atomic mass is 79.9. The fourth-order valence-electron chi connectivity index (χ4n) is 1.96. The topological polar surface area (TPSA) is 21.3 Å². The van der Waals surface area contributed by atoms with Crippen molar-refractivity contribution in [3.8, 4) is 5.75 Å². The molecule has 1 N–H and O–H groups in total. The van der Waals surface area contributed by atoms with Crippen molar-refractivity contribution >= 4 is 38.9 Å². The third-order valence-corrected chi connectivity index (χ3v) is 4.76. The molecule has 114 valence electrons. The van der Waals surface area contributed by atoms with Crippen molar-refractivity contribution in [3.63, 3.8) is 0 Å². The summed E-state index contributed by atoms with van der Waals surface area (Å²) in [6.45, 7) is 4.60. The van der Waals surface area contributed by atoms with Crippen LogP contribution in [0.4, 0.5) is 0 Å². The quantitative estimate of drug-likeness (QED) is 0.621. The van der Waals surface area contributed by atoms with E-state index in [0.717, 1.165) is 47.1 Å². The zero-order valence-electron chi connectivity index (χ0n) is 12.0. The van der Waals surface area contributed by atoms with E-state index in [2.05, 4.69) is 40.3 Å². The molecule has 0 amide bonds. The van der Waals surface area contributed by atoms with Crippen LogP contribution in [0.3, 0.4) is 0 Å². The van der Waals surface area contributed by atoms with Crippen LogP contribution in [0.1, 0.15) is 23.8 Å². The average Bonchev–Trinajstić information content (AvgIpc) is 2.88. The second-order valence-electron chi connectivity index (χ2n) is 4.73. The second-order valence-corrected chi connectivity index (χ2v) is 7.45. The summed E-state index contributed by atoms with van der Waals surface area (Å²) in [5.41, 5.74) is 1.18. The van der Waals surface area contributed by atoms with Crippen LogP contribution in [0, 0.1) is 0 Å². The molecule has 2 aromatic rings. The van der Waals surface area contributed by atoms with E-state index in [1.54, 1.807) is 11.3 Å². The van der Waals surface area contributed by atoms with Gasteiger partial charge in [-0.15, -0.1) is 11.3 Å². The Morgan fingerprint density at radius 1 is 1.29 bits per heavy atom. The minimum absolute atomic E-state index is 0.752. The molecule has 0 aliphatic carbocycles. The minimum atomic E-state index is 0.752. The van der Waals surface area contributed by atoms with Gasteiger partial charge < -0.3 is 10.1 Å². The van der Waals surface area contributed by atoms with Gasteiger partial charge in [0, 0.05) is 28.0 Å². The third-order valence-electron chi connectivity index (χ3n) is 2.98. The van der Waals surface area contributed by atoms with Crippen molar-refractivity contribution < 1.29 is 4.74 Å². The molecule has 5 heteroatoms. The van der Waals surface area contributed by atoms with E-state index in [4.69, 9.17) is 16.3 Å². The number of rotatable bonds is 8. The lowest BCUT2D eigenvalue weighted by Crippen LogP contribution is -2.17. The molecule has 0 bridgehead atoms. The first-order chi connectivity index (χ1) is 10.2. The molecule has 0 radical (unpaired) electrons. The van der Waals surface area contributed by atoms with Crippen LogP contribution in [0.25, 0.3) is 0 Å². The van der Waals surface area contributed by atoms with Crippen molar-refractivity contribution in [1.29, 1.82) is 0 Å². The van der Waals surface area contributed by atoms with E-state index in [9.17, 15) is 0 Å². The Balaban J connectivity index is 1.85. The summed E-state index contributed by atoms with van der Waals surface area (Å²) >= 11 is 11.1. The van der Waals surface area contributed by atoms with Gasteiger partial charge in [0.25, 0.3) is 0 Å². The highest BCUT2D eigenvalue weighted by molar-refractivity contribution is 9.10. The molecule has 1 heterocycles. The summed E-state index contributed by atoms with van der Waals surface area (Å²) in [4.78, 5) is 1.31. The predicted octanol–water partition coefficient (Wildman–Crippen LogP) is 5.29. The molecule has 0 saturated heterocycles. The van der Waals surface area contributed by atoms with Gasteiger partial charge >= 0.3 is 0 Å². The van der Waals surface area contributed by atoms with Crippen molar-refractivity contribution in [1.82, 2.24) is 5.32 Å². The molecule has 2 nitrogen and oxygen atoms in total. The summed E-state index contributed by atoms with van der Waals surface area (Å²) in [6, 6.07) is 10.2. The summed E-state index contributed by atoms with van der Waals surface area (Å²) in [5.74, 6) is 0.965. The summed E-state index contributed by atoms with van der Waals surface area (Å²) < 4.78 is 7.71. The average molecular weight is 389 g/mol. The second kappa shape index (κ2) is 8.79. The molecule has 0 unspecified atom stereocenters. The van der Waals surface area contributed by atoms with Crippen molar-refractivity contribution in [3.05, 3.63) is 49.6 Å². The van der Waals surface area contributed by atoms with Crippen LogP contribution in [0.2, 0.25) is 4.34 Å². The summed E-state index contributed by atoms with van der Waals surface area (Å²) in [7, 11) is 0. The molecular weight excluding hydrogens is 370 g/mol. The molecule has 2 rings (SSSR count). The van der Waals surface area contributed by atoms with Crippen molar-refractivity contribution in [2.45, 2.75) is 26.3 Å². The van der Waals surface area contributed by atoms with Gasteiger partial charge in [0.05, 0.1) is 10.9 Å². The lowest BCUT2D eigenvalue weighted by Gasteiger charge is -2.12. The molecule has 0 atom stereocenters. The van der Waals surface area contributed by atoms with E-state index >= 15 is 0 Å². The lowest BCUT2D eigenvalue weighted by molar-refractivity contribution is 0.313. The monoisotopic (exact) mass is 387 g/mol. The predicted molar refractivity (Wildman–Crippen MR) is 94.7 cm³/mol. The van der Waals surface area contributed by atoms with Gasteiger partial charge in [0.1, 0.15) is 5.75 Å². The van der Waals surface area contributed by atoms with Crippen molar-refractivity contribution in [2.24, 2.45) is 0 Å². The van der Waals surface area contributed by atoms with E-state index in [1.807, 2.05) is 18.2 Å². The highest BCUT2D eigenvalue weighted by Gasteiger charge is 2.05. The fourth-order valence-corrected chi connectivity index (χ4v) is 3.46. The van der Waals surface area contributed by atoms with Gasteiger partial charge in [0.2, 0.25) is 0 Å². The first-order valence-corrected chi connectivity index (χ1v) is 9.04. The van der Waals surface area contributed by atoms with Crippen LogP contribution < -0.4 is 10.1 Å². The van der Waals surface area contributed by atoms with Crippen molar-refractivity contribution in [2.75, 3.05) is 13.2 Å². The molecule has 0 aliphatic heterocycles. The SMILES string of the molecule is CCCOc1ccc(Br)cc1CNCCc1ccc(Cl)s1. The lowest BCUT2D eigenvalue weighted by atomic mass is 10.2. The molecule has 0 fully saturated rings. The summed E-state index contributed by atoms with van der Waals surface area (Å²) in [5, 5.41) is 3.47. The van der Waals surface area contributed by atoms with Gasteiger partial charge in [-0.2, -0.15) is 0 Å². The number of benzene rings is 1. The maximum absolute atomic E-state index is 5.93. The van der Waals surface area contributed by atoms with Crippen LogP contribution in [0.5, 0.6) is 5.75 Å². The zero-order valence-corrected chi connectivity index (χ0v) is 15.2. The van der Waals surface area contributed by atoms with Gasteiger partial charge in [-0.1, -0.05) is 34.5 Å². The van der Waals surface area contributed by atoms with E-state index < -0.39 is 0 Å². The third kappa shape index (κ3) is 5.62. The Bertz CT molecular complexity index is 573. The van der Waals surface area contributed by atoms with Crippen LogP contribution in [-0.4, -0.2) is 13.2 Å². The van der Waals surface area contributed by atoms with Gasteiger partial charge in [-0.3, -0.25) is 0 Å². The Labute approximate surface area is 143 Å². The molecule has 1 aromatic heterocycles.